The first kappa shape index (κ1) is 13.2. The molecule has 0 aliphatic carbocycles. The Morgan fingerprint density at radius 3 is 1.88 bits per heavy atom. The monoisotopic (exact) mass is 232 g/mol. The molecule has 1 rings (SSSR count). The molecular formula is C15H24Si. The van der Waals surface area contributed by atoms with Crippen molar-refractivity contribution in [3.05, 3.63) is 41.0 Å². The van der Waals surface area contributed by atoms with Gasteiger partial charge in [-0.2, -0.15) is 0 Å². The maximum absolute atomic E-state index is 2.43. The van der Waals surface area contributed by atoms with Crippen LogP contribution in [0.3, 0.4) is 0 Å². The molecule has 0 unspecified atom stereocenters. The van der Waals surface area contributed by atoms with Crippen molar-refractivity contribution in [2.45, 2.75) is 46.5 Å². The lowest BCUT2D eigenvalue weighted by molar-refractivity contribution is 1.33. The molecular weight excluding hydrogens is 208 g/mol. The third-order valence-electron chi connectivity index (χ3n) is 2.71. The van der Waals surface area contributed by atoms with E-state index >= 15 is 0 Å². The van der Waals surface area contributed by atoms with Gasteiger partial charge in [0.05, 0.1) is 0 Å². The summed E-state index contributed by atoms with van der Waals surface area (Å²) in [7, 11) is -1.04. The van der Waals surface area contributed by atoms with Gasteiger partial charge in [-0.05, 0) is 38.0 Å². The second kappa shape index (κ2) is 5.01. The van der Waals surface area contributed by atoms with Crippen molar-refractivity contribution < 1.29 is 0 Å². The van der Waals surface area contributed by atoms with Crippen LogP contribution in [0.1, 0.15) is 25.0 Å². The van der Waals surface area contributed by atoms with E-state index in [-0.39, 0.29) is 0 Å². The number of rotatable bonds is 3. The molecule has 0 aliphatic heterocycles. The Kier molecular flexibility index (Phi) is 4.14. The molecule has 0 heterocycles. The summed E-state index contributed by atoms with van der Waals surface area (Å²) >= 11 is 0. The Morgan fingerprint density at radius 2 is 1.50 bits per heavy atom. The van der Waals surface area contributed by atoms with Crippen LogP contribution in [0.4, 0.5) is 0 Å². The molecule has 0 aliphatic rings. The lowest BCUT2D eigenvalue weighted by Crippen LogP contribution is -2.19. The van der Waals surface area contributed by atoms with Crippen molar-refractivity contribution >= 4 is 13.6 Å². The van der Waals surface area contributed by atoms with Gasteiger partial charge in [0.15, 0.2) is 0 Å². The second-order valence-electron chi connectivity index (χ2n) is 6.08. The minimum atomic E-state index is -1.04. The second-order valence-corrected chi connectivity index (χ2v) is 11.6. The molecule has 0 aromatic heterocycles. The first-order valence-electron chi connectivity index (χ1n) is 6.03. The zero-order valence-corrected chi connectivity index (χ0v) is 12.5. The van der Waals surface area contributed by atoms with Gasteiger partial charge in [0.25, 0.3) is 0 Å². The fourth-order valence-electron chi connectivity index (χ4n) is 1.85. The van der Waals surface area contributed by atoms with Crippen LogP contribution in [0.2, 0.25) is 25.7 Å². The predicted octanol–water partition coefficient (Wildman–Crippen LogP) is 5.13. The summed E-state index contributed by atoms with van der Waals surface area (Å²) in [6.45, 7) is 13.9. The van der Waals surface area contributed by atoms with Crippen LogP contribution in [0.25, 0.3) is 5.57 Å². The molecule has 1 aromatic carbocycles. The Bertz CT molecular complexity index is 373. The number of allylic oxidation sites excluding steroid dienone is 2. The van der Waals surface area contributed by atoms with Crippen molar-refractivity contribution in [2.75, 3.05) is 0 Å². The van der Waals surface area contributed by atoms with Gasteiger partial charge < -0.3 is 0 Å². The molecule has 1 aromatic rings. The maximum atomic E-state index is 2.43. The SMILES string of the molecule is CC(C)=C(C[Si](C)(C)C)c1ccc(C)cc1. The summed E-state index contributed by atoms with van der Waals surface area (Å²) < 4.78 is 0. The molecule has 1 heteroatoms. The molecule has 0 bridgehead atoms. The number of aryl methyl sites for hydroxylation is 1. The fourth-order valence-corrected chi connectivity index (χ4v) is 3.47. The summed E-state index contributed by atoms with van der Waals surface area (Å²) in [5.41, 5.74) is 5.77. The van der Waals surface area contributed by atoms with E-state index < -0.39 is 8.07 Å². The van der Waals surface area contributed by atoms with Crippen molar-refractivity contribution in [3.8, 4) is 0 Å². The van der Waals surface area contributed by atoms with Crippen LogP contribution in [0.5, 0.6) is 0 Å². The van der Waals surface area contributed by atoms with E-state index in [4.69, 9.17) is 0 Å². The van der Waals surface area contributed by atoms with Gasteiger partial charge in [0.2, 0.25) is 0 Å². The van der Waals surface area contributed by atoms with Crippen molar-refractivity contribution in [2.24, 2.45) is 0 Å². The van der Waals surface area contributed by atoms with Crippen LogP contribution in [-0.4, -0.2) is 8.07 Å². The molecule has 0 amide bonds. The lowest BCUT2D eigenvalue weighted by atomic mass is 10.0. The number of benzene rings is 1. The van der Waals surface area contributed by atoms with Gasteiger partial charge in [-0.1, -0.05) is 55.0 Å². The van der Waals surface area contributed by atoms with Crippen LogP contribution >= 0.6 is 0 Å². The highest BCUT2D eigenvalue weighted by molar-refractivity contribution is 6.77. The summed E-state index contributed by atoms with van der Waals surface area (Å²) in [5, 5.41) is 0. The van der Waals surface area contributed by atoms with E-state index in [0.717, 1.165) is 0 Å². The normalized spacial score (nSPS) is 11.4. The molecule has 0 atom stereocenters. The molecule has 0 nitrogen and oxygen atoms in total. The van der Waals surface area contributed by atoms with Crippen LogP contribution < -0.4 is 0 Å². The Labute approximate surface area is 101 Å². The first-order chi connectivity index (χ1) is 7.29. The smallest absolute Gasteiger partial charge is 0.0487 e. The van der Waals surface area contributed by atoms with E-state index in [9.17, 15) is 0 Å². The highest BCUT2D eigenvalue weighted by Crippen LogP contribution is 2.28. The number of hydrogen-bond acceptors (Lipinski definition) is 0. The van der Waals surface area contributed by atoms with E-state index in [0.29, 0.717) is 0 Å². The first-order valence-corrected chi connectivity index (χ1v) is 9.74. The number of hydrogen-bond donors (Lipinski definition) is 0. The molecule has 88 valence electrons. The van der Waals surface area contributed by atoms with Gasteiger partial charge in [0.1, 0.15) is 0 Å². The summed E-state index contributed by atoms with van der Waals surface area (Å²) in [4.78, 5) is 0. The zero-order chi connectivity index (χ0) is 12.3. The highest BCUT2D eigenvalue weighted by Gasteiger charge is 2.17. The van der Waals surface area contributed by atoms with Crippen LogP contribution in [0.15, 0.2) is 29.8 Å². The van der Waals surface area contributed by atoms with Gasteiger partial charge in [-0.25, -0.2) is 0 Å². The summed E-state index contributed by atoms with van der Waals surface area (Å²) in [6, 6.07) is 10.2. The minimum Gasteiger partial charge on any atom is -0.0729 e. The maximum Gasteiger partial charge on any atom is 0.0487 e. The van der Waals surface area contributed by atoms with Crippen LogP contribution in [0, 0.1) is 6.92 Å². The van der Waals surface area contributed by atoms with E-state index in [2.05, 4.69) is 64.7 Å². The molecule has 0 radical (unpaired) electrons. The van der Waals surface area contributed by atoms with Gasteiger partial charge in [0, 0.05) is 8.07 Å². The predicted molar refractivity (Wildman–Crippen MR) is 77.6 cm³/mol. The molecule has 16 heavy (non-hydrogen) atoms. The molecule has 0 spiro atoms. The third kappa shape index (κ3) is 3.97. The van der Waals surface area contributed by atoms with E-state index in [1.54, 1.807) is 5.57 Å². The summed E-state index contributed by atoms with van der Waals surface area (Å²) in [5.74, 6) is 0. The lowest BCUT2D eigenvalue weighted by Gasteiger charge is -2.20. The average molecular weight is 232 g/mol. The molecule has 0 N–H and O–H groups in total. The minimum absolute atomic E-state index is 1.04. The molecule has 0 saturated carbocycles. The van der Waals surface area contributed by atoms with Crippen LogP contribution in [-0.2, 0) is 0 Å². The summed E-state index contributed by atoms with van der Waals surface area (Å²) in [6.07, 6.45) is 0. The van der Waals surface area contributed by atoms with Gasteiger partial charge in [-0.3, -0.25) is 0 Å². The third-order valence-corrected chi connectivity index (χ3v) is 4.12. The fraction of sp³-hybridized carbons (Fsp3) is 0.467. The van der Waals surface area contributed by atoms with E-state index in [1.807, 2.05) is 0 Å². The molecule has 0 fully saturated rings. The largest absolute Gasteiger partial charge is 0.0729 e. The molecule has 0 saturated heterocycles. The van der Waals surface area contributed by atoms with Gasteiger partial charge >= 0.3 is 0 Å². The highest BCUT2D eigenvalue weighted by atomic mass is 28.3. The Morgan fingerprint density at radius 1 is 1.00 bits per heavy atom. The topological polar surface area (TPSA) is 0 Å². The van der Waals surface area contributed by atoms with Crippen molar-refractivity contribution in [1.82, 2.24) is 0 Å². The van der Waals surface area contributed by atoms with Crippen molar-refractivity contribution in [1.29, 1.82) is 0 Å². The Hall–Kier alpha value is -0.823. The van der Waals surface area contributed by atoms with Gasteiger partial charge in [-0.15, -0.1) is 0 Å². The van der Waals surface area contributed by atoms with Crippen molar-refractivity contribution in [3.63, 3.8) is 0 Å². The average Bonchev–Trinajstić information content (AvgIpc) is 2.14. The standard InChI is InChI=1S/C15H24Si/c1-12(2)15(11-16(4,5)6)14-9-7-13(3)8-10-14/h7-10H,11H2,1-6H3. The zero-order valence-electron chi connectivity index (χ0n) is 11.5. The quantitative estimate of drug-likeness (QED) is 0.634. The Balaban J connectivity index is 3.06. The van der Waals surface area contributed by atoms with E-state index in [1.165, 1.54) is 22.7 Å².